The molecule has 0 fully saturated rings. The number of carbonyl (C=O) groups is 1. The molecule has 0 saturated carbocycles. The third kappa shape index (κ3) is 3.94. The van der Waals surface area contributed by atoms with Crippen LogP contribution in [0.4, 0.5) is 10.8 Å². The van der Waals surface area contributed by atoms with E-state index < -0.39 is 0 Å². The van der Waals surface area contributed by atoms with Crippen LogP contribution >= 0.6 is 22.9 Å². The molecular weight excluding hydrogens is 282 g/mol. The van der Waals surface area contributed by atoms with E-state index in [9.17, 15) is 4.79 Å². The number of hydrogen-bond donors (Lipinski definition) is 2. The van der Waals surface area contributed by atoms with Crippen LogP contribution in [0.3, 0.4) is 0 Å². The Kier molecular flexibility index (Phi) is 4.76. The van der Waals surface area contributed by atoms with Crippen molar-refractivity contribution in [2.45, 2.75) is 6.92 Å². The molecule has 0 atom stereocenters. The molecule has 0 bridgehead atoms. The highest BCUT2D eigenvalue weighted by molar-refractivity contribution is 7.14. The fourth-order valence-corrected chi connectivity index (χ4v) is 2.34. The fourth-order valence-electron chi connectivity index (χ4n) is 1.53. The van der Waals surface area contributed by atoms with Crippen molar-refractivity contribution >= 4 is 39.7 Å². The molecule has 6 heteroatoms. The Labute approximate surface area is 120 Å². The Morgan fingerprint density at radius 3 is 3.05 bits per heavy atom. The summed E-state index contributed by atoms with van der Waals surface area (Å²) in [4.78, 5) is 15.9. The van der Waals surface area contributed by atoms with Crippen LogP contribution in [0.25, 0.3) is 0 Å². The summed E-state index contributed by atoms with van der Waals surface area (Å²) in [6, 6.07) is 7.98. The van der Waals surface area contributed by atoms with Crippen LogP contribution in [0.5, 0.6) is 0 Å². The highest BCUT2D eigenvalue weighted by atomic mass is 35.5. The number of aryl methyl sites for hydroxylation is 1. The first-order valence-electron chi connectivity index (χ1n) is 5.82. The van der Waals surface area contributed by atoms with Crippen molar-refractivity contribution in [3.63, 3.8) is 0 Å². The number of carbonyl (C=O) groups excluding carboxylic acids is 1. The number of aromatic nitrogens is 1. The number of nitrogens with one attached hydrogen (secondary N) is 2. The lowest BCUT2D eigenvalue weighted by Crippen LogP contribution is -2.25. The highest BCUT2D eigenvalue weighted by Gasteiger charge is 2.10. The zero-order chi connectivity index (χ0) is 13.7. The predicted molar refractivity (Wildman–Crippen MR) is 79.6 cm³/mol. The molecule has 1 aromatic heterocycles. The van der Waals surface area contributed by atoms with Gasteiger partial charge in [0.2, 0.25) is 0 Å². The summed E-state index contributed by atoms with van der Waals surface area (Å²) in [6.45, 7) is 2.47. The SMILES string of the molecule is Cc1cccc(Nc2nc(C(=O)NCCCl)cs2)c1. The zero-order valence-corrected chi connectivity index (χ0v) is 12.0. The summed E-state index contributed by atoms with van der Waals surface area (Å²) in [6.07, 6.45) is 0. The molecule has 1 heterocycles. The van der Waals surface area contributed by atoms with Gasteiger partial charge in [-0.15, -0.1) is 22.9 Å². The number of rotatable bonds is 5. The van der Waals surface area contributed by atoms with Crippen LogP contribution in [0, 0.1) is 6.92 Å². The van der Waals surface area contributed by atoms with Gasteiger partial charge in [0.1, 0.15) is 5.69 Å². The average Bonchev–Trinajstić information content (AvgIpc) is 2.84. The van der Waals surface area contributed by atoms with Crippen LogP contribution in [-0.2, 0) is 0 Å². The first kappa shape index (κ1) is 13.8. The first-order valence-corrected chi connectivity index (χ1v) is 7.24. The minimum Gasteiger partial charge on any atom is -0.349 e. The highest BCUT2D eigenvalue weighted by Crippen LogP contribution is 2.21. The molecule has 0 spiro atoms. The van der Waals surface area contributed by atoms with Gasteiger partial charge in [-0.05, 0) is 24.6 Å². The molecule has 4 nitrogen and oxygen atoms in total. The van der Waals surface area contributed by atoms with E-state index in [1.54, 1.807) is 5.38 Å². The van der Waals surface area contributed by atoms with Crippen molar-refractivity contribution < 1.29 is 4.79 Å². The van der Waals surface area contributed by atoms with Crippen LogP contribution in [-0.4, -0.2) is 23.3 Å². The zero-order valence-electron chi connectivity index (χ0n) is 10.4. The van der Waals surface area contributed by atoms with Gasteiger partial charge in [0.15, 0.2) is 5.13 Å². The van der Waals surface area contributed by atoms with E-state index in [1.807, 2.05) is 31.2 Å². The van der Waals surface area contributed by atoms with Gasteiger partial charge in [0, 0.05) is 23.5 Å². The Balaban J connectivity index is 2.03. The summed E-state index contributed by atoms with van der Waals surface area (Å²) in [5.74, 6) is 0.193. The largest absolute Gasteiger partial charge is 0.349 e. The maximum atomic E-state index is 11.7. The molecule has 0 aliphatic rings. The Hall–Kier alpha value is -1.59. The summed E-state index contributed by atoms with van der Waals surface area (Å²) in [5.41, 5.74) is 2.54. The molecule has 1 aromatic carbocycles. The Bertz CT molecular complexity index is 571. The van der Waals surface area contributed by atoms with Gasteiger partial charge in [0.25, 0.3) is 5.91 Å². The lowest BCUT2D eigenvalue weighted by molar-refractivity contribution is 0.0952. The third-order valence-corrected chi connectivity index (χ3v) is 3.33. The van der Waals surface area contributed by atoms with Crippen molar-refractivity contribution in [1.29, 1.82) is 0 Å². The maximum Gasteiger partial charge on any atom is 0.270 e. The van der Waals surface area contributed by atoms with E-state index >= 15 is 0 Å². The smallest absolute Gasteiger partial charge is 0.270 e. The van der Waals surface area contributed by atoms with Crippen molar-refractivity contribution in [3.05, 3.63) is 40.9 Å². The normalized spacial score (nSPS) is 10.2. The van der Waals surface area contributed by atoms with E-state index in [2.05, 4.69) is 15.6 Å². The predicted octanol–water partition coefficient (Wildman–Crippen LogP) is 3.16. The average molecular weight is 296 g/mol. The minimum atomic E-state index is -0.200. The second-order valence-electron chi connectivity index (χ2n) is 3.98. The minimum absolute atomic E-state index is 0.200. The van der Waals surface area contributed by atoms with Crippen molar-refractivity contribution in [2.24, 2.45) is 0 Å². The van der Waals surface area contributed by atoms with Crippen LogP contribution in [0.2, 0.25) is 0 Å². The van der Waals surface area contributed by atoms with Crippen LogP contribution in [0.1, 0.15) is 16.1 Å². The van der Waals surface area contributed by atoms with E-state index in [0.29, 0.717) is 23.3 Å². The maximum absolute atomic E-state index is 11.7. The molecule has 0 radical (unpaired) electrons. The van der Waals surface area contributed by atoms with E-state index in [0.717, 1.165) is 5.69 Å². The van der Waals surface area contributed by atoms with Crippen molar-refractivity contribution in [2.75, 3.05) is 17.7 Å². The molecule has 0 aliphatic carbocycles. The summed E-state index contributed by atoms with van der Waals surface area (Å²) in [7, 11) is 0. The molecule has 2 N–H and O–H groups in total. The van der Waals surface area contributed by atoms with Gasteiger partial charge in [-0.3, -0.25) is 4.79 Å². The standard InChI is InChI=1S/C13H14ClN3OS/c1-9-3-2-4-10(7-9)16-13-17-11(8-19-13)12(18)15-6-5-14/h2-4,7-8H,5-6H2,1H3,(H,15,18)(H,16,17). The molecular formula is C13H14ClN3OS. The summed E-state index contributed by atoms with van der Waals surface area (Å²) >= 11 is 6.91. The lowest BCUT2D eigenvalue weighted by atomic mass is 10.2. The number of halogens is 1. The van der Waals surface area contributed by atoms with Crippen molar-refractivity contribution in [1.82, 2.24) is 10.3 Å². The number of nitrogens with zero attached hydrogens (tertiary/aromatic N) is 1. The number of alkyl halides is 1. The lowest BCUT2D eigenvalue weighted by Gasteiger charge is -2.03. The number of amides is 1. The van der Waals surface area contributed by atoms with E-state index in [4.69, 9.17) is 11.6 Å². The van der Waals surface area contributed by atoms with Crippen LogP contribution < -0.4 is 10.6 Å². The Morgan fingerprint density at radius 2 is 2.32 bits per heavy atom. The van der Waals surface area contributed by atoms with Gasteiger partial charge in [-0.1, -0.05) is 12.1 Å². The number of benzene rings is 1. The van der Waals surface area contributed by atoms with Crippen molar-refractivity contribution in [3.8, 4) is 0 Å². The van der Waals surface area contributed by atoms with Gasteiger partial charge < -0.3 is 10.6 Å². The molecule has 1 amide bonds. The molecule has 0 unspecified atom stereocenters. The summed E-state index contributed by atoms with van der Waals surface area (Å²) in [5, 5.41) is 8.28. The third-order valence-electron chi connectivity index (χ3n) is 2.39. The van der Waals surface area contributed by atoms with Gasteiger partial charge >= 0.3 is 0 Å². The van der Waals surface area contributed by atoms with E-state index in [1.165, 1.54) is 16.9 Å². The first-order chi connectivity index (χ1) is 9.19. The second kappa shape index (κ2) is 6.54. The van der Waals surface area contributed by atoms with Gasteiger partial charge in [0.05, 0.1) is 0 Å². The monoisotopic (exact) mass is 295 g/mol. The quantitative estimate of drug-likeness (QED) is 0.833. The fraction of sp³-hybridized carbons (Fsp3) is 0.231. The topological polar surface area (TPSA) is 54.0 Å². The molecule has 0 saturated heterocycles. The number of hydrogen-bond acceptors (Lipinski definition) is 4. The molecule has 2 aromatic rings. The summed E-state index contributed by atoms with van der Waals surface area (Å²) < 4.78 is 0. The molecule has 2 rings (SSSR count). The van der Waals surface area contributed by atoms with Crippen LogP contribution in [0.15, 0.2) is 29.6 Å². The molecule has 0 aliphatic heterocycles. The second-order valence-corrected chi connectivity index (χ2v) is 5.21. The molecule has 19 heavy (non-hydrogen) atoms. The van der Waals surface area contributed by atoms with Gasteiger partial charge in [-0.2, -0.15) is 0 Å². The Morgan fingerprint density at radius 1 is 1.47 bits per heavy atom. The van der Waals surface area contributed by atoms with E-state index in [-0.39, 0.29) is 5.91 Å². The number of anilines is 2. The van der Waals surface area contributed by atoms with Gasteiger partial charge in [-0.25, -0.2) is 4.98 Å². The molecule has 100 valence electrons. The number of thiazole rings is 1.